The van der Waals surface area contributed by atoms with Gasteiger partial charge in [0, 0.05) is 18.7 Å². The number of nitrogens with zero attached hydrogens (tertiary/aromatic N) is 1. The van der Waals surface area contributed by atoms with Crippen LogP contribution in [0.25, 0.3) is 5.57 Å². The van der Waals surface area contributed by atoms with E-state index in [-0.39, 0.29) is 12.4 Å². The van der Waals surface area contributed by atoms with Crippen molar-refractivity contribution in [2.24, 2.45) is 0 Å². The van der Waals surface area contributed by atoms with E-state index < -0.39 is 0 Å². The molecule has 2 nitrogen and oxygen atoms in total. The number of fused-ring (bicyclic) bond motifs is 2. The van der Waals surface area contributed by atoms with Crippen molar-refractivity contribution < 1.29 is 4.74 Å². The Balaban J connectivity index is 0.00000120. The van der Waals surface area contributed by atoms with E-state index in [1.165, 1.54) is 16.7 Å². The van der Waals surface area contributed by atoms with Crippen molar-refractivity contribution in [2.45, 2.75) is 6.42 Å². The highest BCUT2D eigenvalue weighted by atomic mass is 35.5. The van der Waals surface area contributed by atoms with E-state index in [0.29, 0.717) is 0 Å². The second-order valence-electron chi connectivity index (χ2n) is 4.53. The number of para-hydroxylation sites is 1. The molecule has 0 unspecified atom stereocenters. The fraction of sp³-hybridized carbons (Fsp3) is 0.333. The third-order valence-electron chi connectivity index (χ3n) is 3.47. The fourth-order valence-corrected chi connectivity index (χ4v) is 2.56. The van der Waals surface area contributed by atoms with E-state index in [4.69, 9.17) is 11.2 Å². The molecule has 0 aliphatic carbocycles. The molecule has 1 aromatic carbocycles. The summed E-state index contributed by atoms with van der Waals surface area (Å²) < 4.78 is 5.77. The van der Waals surface area contributed by atoms with Crippen molar-refractivity contribution in [1.29, 1.82) is 0 Å². The van der Waals surface area contributed by atoms with Crippen LogP contribution in [0, 0.1) is 12.3 Å². The standard InChI is InChI=1S/C15H15NO.ClH/c1-2-8-16-9-7-12-11-17-15-6-4-3-5-13(15)14(12)10-16;/h1,3-6H,7-11H2;1H. The molecule has 0 atom stereocenters. The summed E-state index contributed by atoms with van der Waals surface area (Å²) in [5, 5.41) is 0. The maximum atomic E-state index is 5.77. The van der Waals surface area contributed by atoms with Crippen molar-refractivity contribution >= 4 is 18.0 Å². The Morgan fingerprint density at radius 3 is 3.00 bits per heavy atom. The van der Waals surface area contributed by atoms with Gasteiger partial charge in [0.25, 0.3) is 0 Å². The number of halogens is 1. The van der Waals surface area contributed by atoms with Gasteiger partial charge in [0.2, 0.25) is 0 Å². The minimum Gasteiger partial charge on any atom is -0.489 e. The first-order valence-electron chi connectivity index (χ1n) is 5.97. The molecule has 3 heteroatoms. The van der Waals surface area contributed by atoms with E-state index in [1.54, 1.807) is 0 Å². The maximum absolute atomic E-state index is 5.77. The molecule has 2 aliphatic heterocycles. The number of rotatable bonds is 1. The molecule has 0 amide bonds. The summed E-state index contributed by atoms with van der Waals surface area (Å²) in [7, 11) is 0. The Morgan fingerprint density at radius 2 is 2.17 bits per heavy atom. The topological polar surface area (TPSA) is 12.5 Å². The minimum atomic E-state index is 0. The number of benzene rings is 1. The third-order valence-corrected chi connectivity index (χ3v) is 3.47. The predicted octanol–water partition coefficient (Wildman–Crippen LogP) is 2.59. The van der Waals surface area contributed by atoms with Crippen LogP contribution in [0.3, 0.4) is 0 Å². The van der Waals surface area contributed by atoms with Crippen LogP contribution >= 0.6 is 12.4 Å². The lowest BCUT2D eigenvalue weighted by atomic mass is 9.92. The van der Waals surface area contributed by atoms with Crippen LogP contribution in [-0.4, -0.2) is 31.1 Å². The fourth-order valence-electron chi connectivity index (χ4n) is 2.56. The van der Waals surface area contributed by atoms with Crippen LogP contribution in [0.4, 0.5) is 0 Å². The highest BCUT2D eigenvalue weighted by molar-refractivity contribution is 5.85. The van der Waals surface area contributed by atoms with Crippen LogP contribution in [-0.2, 0) is 0 Å². The van der Waals surface area contributed by atoms with Gasteiger partial charge in [0.1, 0.15) is 12.4 Å². The summed E-state index contributed by atoms with van der Waals surface area (Å²) in [6, 6.07) is 8.27. The van der Waals surface area contributed by atoms with Gasteiger partial charge in [0.05, 0.1) is 6.54 Å². The maximum Gasteiger partial charge on any atom is 0.127 e. The summed E-state index contributed by atoms with van der Waals surface area (Å²) in [5.41, 5.74) is 4.11. The Bertz CT molecular complexity index is 515. The zero-order valence-electron chi connectivity index (χ0n) is 10.2. The van der Waals surface area contributed by atoms with E-state index in [2.05, 4.69) is 23.0 Å². The van der Waals surface area contributed by atoms with Gasteiger partial charge in [-0.2, -0.15) is 0 Å². The second-order valence-corrected chi connectivity index (χ2v) is 4.53. The van der Waals surface area contributed by atoms with Gasteiger partial charge in [-0.1, -0.05) is 24.1 Å². The number of ether oxygens (including phenoxy) is 1. The molecular weight excluding hydrogens is 246 g/mol. The molecule has 1 aromatic rings. The first-order chi connectivity index (χ1) is 8.38. The molecule has 0 fully saturated rings. The number of hydrogen-bond acceptors (Lipinski definition) is 2. The quantitative estimate of drug-likeness (QED) is 0.721. The van der Waals surface area contributed by atoms with Crippen molar-refractivity contribution in [3.8, 4) is 18.1 Å². The number of terminal acetylenes is 1. The van der Waals surface area contributed by atoms with Crippen LogP contribution < -0.4 is 4.74 Å². The summed E-state index contributed by atoms with van der Waals surface area (Å²) in [4.78, 5) is 2.32. The molecule has 0 saturated heterocycles. The number of hydrogen-bond donors (Lipinski definition) is 0. The van der Waals surface area contributed by atoms with Gasteiger partial charge < -0.3 is 4.74 Å². The molecule has 18 heavy (non-hydrogen) atoms. The molecule has 0 bridgehead atoms. The monoisotopic (exact) mass is 261 g/mol. The van der Waals surface area contributed by atoms with Crippen molar-refractivity contribution in [1.82, 2.24) is 4.90 Å². The van der Waals surface area contributed by atoms with E-state index in [1.807, 2.05) is 12.1 Å². The van der Waals surface area contributed by atoms with Crippen molar-refractivity contribution in [3.05, 3.63) is 35.4 Å². The molecule has 0 N–H and O–H groups in total. The van der Waals surface area contributed by atoms with E-state index in [9.17, 15) is 0 Å². The molecule has 0 saturated carbocycles. The van der Waals surface area contributed by atoms with Crippen LogP contribution in [0.1, 0.15) is 12.0 Å². The first-order valence-corrected chi connectivity index (χ1v) is 5.97. The first kappa shape index (κ1) is 13.0. The lowest BCUT2D eigenvalue weighted by Crippen LogP contribution is -2.34. The van der Waals surface area contributed by atoms with Gasteiger partial charge in [-0.3, -0.25) is 4.90 Å². The van der Waals surface area contributed by atoms with Crippen molar-refractivity contribution in [2.75, 3.05) is 26.2 Å². The second kappa shape index (κ2) is 5.48. The van der Waals surface area contributed by atoms with Gasteiger partial charge >= 0.3 is 0 Å². The van der Waals surface area contributed by atoms with Gasteiger partial charge in [0.15, 0.2) is 0 Å². The Morgan fingerprint density at radius 1 is 1.33 bits per heavy atom. The lowest BCUT2D eigenvalue weighted by molar-refractivity contribution is 0.295. The van der Waals surface area contributed by atoms with Crippen LogP contribution in [0.15, 0.2) is 29.8 Å². The average molecular weight is 262 g/mol. The zero-order chi connectivity index (χ0) is 11.7. The largest absolute Gasteiger partial charge is 0.489 e. The Labute approximate surface area is 114 Å². The molecule has 0 aromatic heterocycles. The molecule has 0 radical (unpaired) electrons. The summed E-state index contributed by atoms with van der Waals surface area (Å²) in [5.74, 6) is 3.74. The van der Waals surface area contributed by atoms with E-state index >= 15 is 0 Å². The molecule has 94 valence electrons. The SMILES string of the molecule is C#CCN1CCC2=C(C1)c1ccccc1OC2.Cl. The van der Waals surface area contributed by atoms with E-state index in [0.717, 1.165) is 38.4 Å². The Kier molecular flexibility index (Phi) is 3.96. The van der Waals surface area contributed by atoms with Crippen molar-refractivity contribution in [3.63, 3.8) is 0 Å². The predicted molar refractivity (Wildman–Crippen MR) is 76.0 cm³/mol. The Hall–Kier alpha value is -1.43. The third kappa shape index (κ3) is 2.25. The normalized spacial score (nSPS) is 17.9. The zero-order valence-corrected chi connectivity index (χ0v) is 11.0. The summed E-state index contributed by atoms with van der Waals surface area (Å²) >= 11 is 0. The van der Waals surface area contributed by atoms with Gasteiger partial charge in [-0.15, -0.1) is 18.8 Å². The summed E-state index contributed by atoms with van der Waals surface area (Å²) in [6.45, 7) is 3.49. The van der Waals surface area contributed by atoms with Gasteiger partial charge in [-0.25, -0.2) is 0 Å². The smallest absolute Gasteiger partial charge is 0.127 e. The van der Waals surface area contributed by atoms with Crippen LogP contribution in [0.2, 0.25) is 0 Å². The van der Waals surface area contributed by atoms with Crippen LogP contribution in [0.5, 0.6) is 5.75 Å². The highest BCUT2D eigenvalue weighted by Gasteiger charge is 2.25. The molecule has 2 heterocycles. The summed E-state index contributed by atoms with van der Waals surface area (Å²) in [6.07, 6.45) is 6.46. The highest BCUT2D eigenvalue weighted by Crippen LogP contribution is 2.36. The molecule has 3 rings (SSSR count). The molecule has 2 aliphatic rings. The lowest BCUT2D eigenvalue weighted by Gasteiger charge is -2.33. The average Bonchev–Trinajstić information content (AvgIpc) is 2.39. The molecule has 0 spiro atoms. The minimum absolute atomic E-state index is 0. The van der Waals surface area contributed by atoms with Gasteiger partial charge in [-0.05, 0) is 23.6 Å². The molecular formula is C15H16ClNO.